The van der Waals surface area contributed by atoms with Gasteiger partial charge in [-0.1, -0.05) is 37.9 Å². The summed E-state index contributed by atoms with van der Waals surface area (Å²) in [5, 5.41) is 0.992. The molecule has 0 aromatic heterocycles. The Morgan fingerprint density at radius 3 is 2.80 bits per heavy atom. The van der Waals surface area contributed by atoms with Crippen LogP contribution in [0.2, 0.25) is 0 Å². The third-order valence-electron chi connectivity index (χ3n) is 3.77. The van der Waals surface area contributed by atoms with E-state index >= 15 is 0 Å². The van der Waals surface area contributed by atoms with E-state index in [0.717, 1.165) is 60.1 Å². The standard InChI is InChI=1S/C15H20Br2N2O/c1-12-13(4-2-5-14(12)17)15(20)19-8-3-7-18(9-6-16)10-11-19/h2,4-5H,3,6-11H2,1H3. The van der Waals surface area contributed by atoms with E-state index in [4.69, 9.17) is 0 Å². The van der Waals surface area contributed by atoms with Crippen molar-refractivity contribution in [3.05, 3.63) is 33.8 Å². The molecule has 0 aliphatic carbocycles. The first kappa shape index (κ1) is 16.0. The van der Waals surface area contributed by atoms with Crippen molar-refractivity contribution < 1.29 is 4.79 Å². The minimum atomic E-state index is 0.157. The summed E-state index contributed by atoms with van der Waals surface area (Å²) < 4.78 is 0.999. The van der Waals surface area contributed by atoms with E-state index in [2.05, 4.69) is 36.8 Å². The average Bonchev–Trinajstić information content (AvgIpc) is 2.67. The van der Waals surface area contributed by atoms with Crippen molar-refractivity contribution in [1.29, 1.82) is 0 Å². The van der Waals surface area contributed by atoms with Gasteiger partial charge in [-0.2, -0.15) is 0 Å². The molecule has 0 spiro atoms. The molecule has 5 heteroatoms. The highest BCUT2D eigenvalue weighted by atomic mass is 79.9. The number of carbonyl (C=O) groups excluding carboxylic acids is 1. The Hall–Kier alpha value is -0.390. The summed E-state index contributed by atoms with van der Waals surface area (Å²) >= 11 is 6.98. The fourth-order valence-electron chi connectivity index (χ4n) is 2.53. The highest BCUT2D eigenvalue weighted by Crippen LogP contribution is 2.21. The van der Waals surface area contributed by atoms with Gasteiger partial charge in [0.15, 0.2) is 0 Å². The van der Waals surface area contributed by atoms with Crippen molar-refractivity contribution in [2.45, 2.75) is 13.3 Å². The lowest BCUT2D eigenvalue weighted by Gasteiger charge is -2.22. The summed E-state index contributed by atoms with van der Waals surface area (Å²) in [5.41, 5.74) is 1.84. The number of alkyl halides is 1. The maximum absolute atomic E-state index is 12.7. The Labute approximate surface area is 137 Å². The first-order chi connectivity index (χ1) is 9.63. The Morgan fingerprint density at radius 2 is 2.05 bits per heavy atom. The van der Waals surface area contributed by atoms with Crippen LogP contribution in [-0.2, 0) is 0 Å². The molecule has 1 aliphatic heterocycles. The fourth-order valence-corrected chi connectivity index (χ4v) is 3.39. The number of hydrogen-bond acceptors (Lipinski definition) is 2. The Kier molecular flexibility index (Phi) is 6.05. The van der Waals surface area contributed by atoms with E-state index in [0.29, 0.717) is 0 Å². The second-order valence-electron chi connectivity index (χ2n) is 5.09. The lowest BCUT2D eigenvalue weighted by atomic mass is 10.1. The van der Waals surface area contributed by atoms with Crippen LogP contribution in [0.15, 0.2) is 22.7 Å². The molecule has 1 aromatic rings. The van der Waals surface area contributed by atoms with Gasteiger partial charge in [0.2, 0.25) is 0 Å². The van der Waals surface area contributed by atoms with Gasteiger partial charge < -0.3 is 9.80 Å². The maximum Gasteiger partial charge on any atom is 0.254 e. The average molecular weight is 404 g/mol. The predicted molar refractivity (Wildman–Crippen MR) is 89.6 cm³/mol. The van der Waals surface area contributed by atoms with Gasteiger partial charge in [-0.15, -0.1) is 0 Å². The number of rotatable bonds is 3. The molecule has 110 valence electrons. The normalized spacial score (nSPS) is 17.1. The smallest absolute Gasteiger partial charge is 0.254 e. The van der Waals surface area contributed by atoms with Crippen molar-refractivity contribution in [2.75, 3.05) is 38.1 Å². The van der Waals surface area contributed by atoms with Crippen LogP contribution in [0.25, 0.3) is 0 Å². The van der Waals surface area contributed by atoms with Crippen LogP contribution in [0, 0.1) is 6.92 Å². The zero-order chi connectivity index (χ0) is 14.5. The maximum atomic E-state index is 12.7. The van der Waals surface area contributed by atoms with E-state index in [9.17, 15) is 4.79 Å². The zero-order valence-electron chi connectivity index (χ0n) is 11.7. The van der Waals surface area contributed by atoms with Crippen LogP contribution in [0.5, 0.6) is 0 Å². The van der Waals surface area contributed by atoms with Crippen LogP contribution >= 0.6 is 31.9 Å². The molecule has 3 nitrogen and oxygen atoms in total. The second kappa shape index (κ2) is 7.57. The van der Waals surface area contributed by atoms with Crippen LogP contribution in [0.1, 0.15) is 22.3 Å². The SMILES string of the molecule is Cc1c(Br)cccc1C(=O)N1CCCN(CCBr)CC1. The summed E-state index contributed by atoms with van der Waals surface area (Å²) in [5.74, 6) is 0.157. The number of amides is 1. The number of halogens is 2. The fraction of sp³-hybridized carbons (Fsp3) is 0.533. The molecule has 1 heterocycles. The van der Waals surface area contributed by atoms with Crippen LogP contribution in [0.4, 0.5) is 0 Å². The van der Waals surface area contributed by atoms with Crippen molar-refractivity contribution in [1.82, 2.24) is 9.80 Å². The van der Waals surface area contributed by atoms with E-state index in [1.165, 1.54) is 0 Å². The molecule has 0 N–H and O–H groups in total. The van der Waals surface area contributed by atoms with Crippen molar-refractivity contribution in [3.8, 4) is 0 Å². The topological polar surface area (TPSA) is 23.6 Å². The van der Waals surface area contributed by atoms with Crippen LogP contribution < -0.4 is 0 Å². The van der Waals surface area contributed by atoms with Gasteiger partial charge in [-0.3, -0.25) is 4.79 Å². The van der Waals surface area contributed by atoms with E-state index in [-0.39, 0.29) is 5.91 Å². The molecule has 0 radical (unpaired) electrons. The molecule has 20 heavy (non-hydrogen) atoms. The molecule has 0 atom stereocenters. The van der Waals surface area contributed by atoms with Gasteiger partial charge in [-0.25, -0.2) is 0 Å². The number of carbonyl (C=O) groups is 1. The number of hydrogen-bond donors (Lipinski definition) is 0. The van der Waals surface area contributed by atoms with Gasteiger partial charge in [-0.05, 0) is 37.6 Å². The quantitative estimate of drug-likeness (QED) is 0.723. The van der Waals surface area contributed by atoms with Gasteiger partial charge >= 0.3 is 0 Å². The van der Waals surface area contributed by atoms with Crippen LogP contribution in [-0.4, -0.2) is 53.8 Å². The van der Waals surface area contributed by atoms with Crippen LogP contribution in [0.3, 0.4) is 0 Å². The number of nitrogens with zero attached hydrogens (tertiary/aromatic N) is 2. The summed E-state index contributed by atoms with van der Waals surface area (Å²) in [6.45, 7) is 6.75. The first-order valence-electron chi connectivity index (χ1n) is 6.96. The molecule has 1 saturated heterocycles. The van der Waals surface area contributed by atoms with E-state index in [1.54, 1.807) is 0 Å². The highest BCUT2D eigenvalue weighted by Gasteiger charge is 2.21. The molecule has 1 fully saturated rings. The lowest BCUT2D eigenvalue weighted by Crippen LogP contribution is -2.36. The largest absolute Gasteiger partial charge is 0.337 e. The molecule has 1 aliphatic rings. The molecule has 0 bridgehead atoms. The third kappa shape index (κ3) is 3.83. The van der Waals surface area contributed by atoms with Gasteiger partial charge in [0.25, 0.3) is 5.91 Å². The highest BCUT2D eigenvalue weighted by molar-refractivity contribution is 9.10. The lowest BCUT2D eigenvalue weighted by molar-refractivity contribution is 0.0761. The minimum absolute atomic E-state index is 0.157. The summed E-state index contributed by atoms with van der Waals surface area (Å²) in [6, 6.07) is 5.83. The second-order valence-corrected chi connectivity index (χ2v) is 6.74. The van der Waals surface area contributed by atoms with Crippen molar-refractivity contribution in [3.63, 3.8) is 0 Å². The Morgan fingerprint density at radius 1 is 1.25 bits per heavy atom. The molecular formula is C15H20Br2N2O. The molecule has 0 unspecified atom stereocenters. The van der Waals surface area contributed by atoms with Crippen molar-refractivity contribution in [2.24, 2.45) is 0 Å². The van der Waals surface area contributed by atoms with Crippen molar-refractivity contribution >= 4 is 37.8 Å². The molecular weight excluding hydrogens is 384 g/mol. The van der Waals surface area contributed by atoms with Gasteiger partial charge in [0, 0.05) is 41.5 Å². The first-order valence-corrected chi connectivity index (χ1v) is 8.87. The molecule has 2 rings (SSSR count). The summed E-state index contributed by atoms with van der Waals surface area (Å²) in [6.07, 6.45) is 1.05. The monoisotopic (exact) mass is 402 g/mol. The molecule has 1 aromatic carbocycles. The zero-order valence-corrected chi connectivity index (χ0v) is 14.9. The van der Waals surface area contributed by atoms with E-state index < -0.39 is 0 Å². The minimum Gasteiger partial charge on any atom is -0.337 e. The summed E-state index contributed by atoms with van der Waals surface area (Å²) in [4.78, 5) is 17.1. The number of benzene rings is 1. The molecule has 0 saturated carbocycles. The summed E-state index contributed by atoms with van der Waals surface area (Å²) in [7, 11) is 0. The Bertz CT molecular complexity index is 479. The molecule has 1 amide bonds. The Balaban J connectivity index is 2.07. The van der Waals surface area contributed by atoms with Gasteiger partial charge in [0.1, 0.15) is 0 Å². The van der Waals surface area contributed by atoms with Gasteiger partial charge in [0.05, 0.1) is 0 Å². The van der Waals surface area contributed by atoms with E-state index in [1.807, 2.05) is 30.0 Å². The third-order valence-corrected chi connectivity index (χ3v) is 4.99. The predicted octanol–water partition coefficient (Wildman–Crippen LogP) is 3.30.